The maximum Gasteiger partial charge on any atom is 0.416 e. The van der Waals surface area contributed by atoms with Crippen LogP contribution in [0.4, 0.5) is 13.2 Å². The van der Waals surface area contributed by atoms with Gasteiger partial charge in [-0.25, -0.2) is 18.5 Å². The van der Waals surface area contributed by atoms with Gasteiger partial charge < -0.3 is 0 Å². The van der Waals surface area contributed by atoms with Crippen molar-refractivity contribution in [1.29, 1.82) is 0 Å². The third-order valence-electron chi connectivity index (χ3n) is 5.40. The molecule has 2 rings (SSSR count). The molecule has 9 heteroatoms. The third-order valence-corrected chi connectivity index (χ3v) is 8.43. The van der Waals surface area contributed by atoms with Crippen molar-refractivity contribution in [2.75, 3.05) is 13.1 Å². The summed E-state index contributed by atoms with van der Waals surface area (Å²) in [6.07, 6.45) is -0.0219. The molecule has 0 aliphatic heterocycles. The second kappa shape index (κ2) is 12.2. The number of hydrogen-bond acceptors (Lipinski definition) is 3. The highest BCUT2D eigenvalue weighted by Crippen LogP contribution is 2.33. The van der Waals surface area contributed by atoms with Crippen LogP contribution in [-0.2, 0) is 22.6 Å². The van der Waals surface area contributed by atoms with Gasteiger partial charge in [0.15, 0.2) is 0 Å². The Kier molecular flexibility index (Phi) is 10.2. The monoisotopic (exact) mass is 489 g/mol. The molecular weight excluding hydrogens is 457 g/mol. The molecule has 0 saturated heterocycles. The molecule has 2 atom stereocenters. The van der Waals surface area contributed by atoms with Crippen molar-refractivity contribution in [3.05, 3.63) is 52.4 Å². The summed E-state index contributed by atoms with van der Waals surface area (Å²) < 4.78 is 67.7. The molecule has 0 amide bonds. The van der Waals surface area contributed by atoms with Gasteiger partial charge in [0, 0.05) is 24.4 Å². The number of thiophene rings is 1. The molecule has 0 aliphatic rings. The van der Waals surface area contributed by atoms with Crippen molar-refractivity contribution in [2.24, 2.45) is 5.92 Å². The molecule has 32 heavy (non-hydrogen) atoms. The minimum Gasteiger partial charge on any atom is -0.234 e. The van der Waals surface area contributed by atoms with E-state index in [1.165, 1.54) is 6.07 Å². The van der Waals surface area contributed by atoms with E-state index in [-0.39, 0.29) is 4.21 Å². The lowest BCUT2D eigenvalue weighted by Gasteiger charge is -2.17. The van der Waals surface area contributed by atoms with Crippen molar-refractivity contribution >= 4 is 21.4 Å². The Balaban J connectivity index is 2.12. The van der Waals surface area contributed by atoms with Gasteiger partial charge in [-0.05, 0) is 42.2 Å². The van der Waals surface area contributed by atoms with E-state index in [1.807, 2.05) is 6.92 Å². The number of halogens is 3. The molecule has 0 spiro atoms. The van der Waals surface area contributed by atoms with Crippen LogP contribution in [0.3, 0.4) is 0 Å². The first-order valence-corrected chi connectivity index (χ1v) is 13.3. The third kappa shape index (κ3) is 7.86. The molecule has 1 heterocycles. The van der Waals surface area contributed by atoms with E-state index < -0.39 is 27.8 Å². The van der Waals surface area contributed by atoms with Crippen molar-refractivity contribution in [3.63, 3.8) is 0 Å². The molecule has 1 radical (unpaired) electrons. The minimum absolute atomic E-state index is 0.220. The van der Waals surface area contributed by atoms with Gasteiger partial charge in [0.1, 0.15) is 4.21 Å². The fraction of sp³-hybridized carbons (Fsp3) is 0.565. The largest absolute Gasteiger partial charge is 0.416 e. The Labute approximate surface area is 193 Å². The van der Waals surface area contributed by atoms with Crippen LogP contribution in [0.1, 0.15) is 68.5 Å². The Morgan fingerprint density at radius 1 is 1.12 bits per heavy atom. The van der Waals surface area contributed by atoms with Crippen molar-refractivity contribution in [1.82, 2.24) is 10.0 Å². The first-order chi connectivity index (χ1) is 15.1. The number of nitrogens with zero attached hydrogens (tertiary/aromatic N) is 1. The van der Waals surface area contributed by atoms with Crippen molar-refractivity contribution < 1.29 is 21.6 Å². The molecule has 0 bridgehead atoms. The van der Waals surface area contributed by atoms with Crippen molar-refractivity contribution in [2.45, 2.75) is 69.3 Å². The summed E-state index contributed by atoms with van der Waals surface area (Å²) in [5, 5.41) is 4.46. The zero-order chi connectivity index (χ0) is 23.8. The molecule has 1 N–H and O–H groups in total. The summed E-state index contributed by atoms with van der Waals surface area (Å²) in [5.41, 5.74) is -0.238. The van der Waals surface area contributed by atoms with Gasteiger partial charge >= 0.3 is 6.18 Å². The van der Waals surface area contributed by atoms with Crippen LogP contribution >= 0.6 is 11.3 Å². The second-order valence-electron chi connectivity index (χ2n) is 7.83. The van der Waals surface area contributed by atoms with Crippen LogP contribution in [0, 0.1) is 5.92 Å². The van der Waals surface area contributed by atoms with E-state index in [1.54, 1.807) is 18.2 Å². The SMILES string of the molecule is CCCCC(CC)CNS(=O)(=O)c1ccc(CC([N]CC)c2cccc(C(F)(F)F)c2)s1. The lowest BCUT2D eigenvalue weighted by Crippen LogP contribution is -2.28. The summed E-state index contributed by atoms with van der Waals surface area (Å²) in [6, 6.07) is 7.99. The van der Waals surface area contributed by atoms with Gasteiger partial charge in [-0.15, -0.1) is 11.3 Å². The molecule has 179 valence electrons. The lowest BCUT2D eigenvalue weighted by molar-refractivity contribution is -0.137. The van der Waals surface area contributed by atoms with E-state index in [9.17, 15) is 21.6 Å². The molecule has 1 aromatic carbocycles. The Bertz CT molecular complexity index is 943. The quantitative estimate of drug-likeness (QED) is 0.366. The van der Waals surface area contributed by atoms with Gasteiger partial charge in [0.2, 0.25) is 10.0 Å². The number of sulfonamides is 1. The number of alkyl halides is 3. The van der Waals surface area contributed by atoms with E-state index in [4.69, 9.17) is 0 Å². The fourth-order valence-corrected chi connectivity index (χ4v) is 6.03. The first-order valence-electron chi connectivity index (χ1n) is 11.0. The maximum absolute atomic E-state index is 13.1. The first kappa shape index (κ1) is 26.8. The summed E-state index contributed by atoms with van der Waals surface area (Å²) in [6.45, 7) is 6.86. The predicted octanol–water partition coefficient (Wildman–Crippen LogP) is 6.17. The normalized spacial score (nSPS) is 14.4. The molecule has 0 saturated carbocycles. The summed E-state index contributed by atoms with van der Waals surface area (Å²) in [4.78, 5) is 0.767. The fourth-order valence-electron chi connectivity index (χ4n) is 3.48. The topological polar surface area (TPSA) is 60.3 Å². The van der Waals surface area contributed by atoms with E-state index in [0.717, 1.165) is 54.0 Å². The standard InChI is InChI=1S/C23H32F3N2O2S2/c1-4-7-9-17(5-2)16-28-32(29,30)22-13-12-20(31-22)15-21(27-6-3)18-10-8-11-19(14-18)23(24,25)26/h8,10-14,17,21,28H,4-7,9,15-16H2,1-3H3. The van der Waals surface area contributed by atoms with Crippen LogP contribution in [0.15, 0.2) is 40.6 Å². The van der Waals surface area contributed by atoms with Gasteiger partial charge in [0.25, 0.3) is 0 Å². The van der Waals surface area contributed by atoms with Crippen LogP contribution in [0.25, 0.3) is 0 Å². The Morgan fingerprint density at radius 2 is 1.88 bits per heavy atom. The molecule has 4 nitrogen and oxygen atoms in total. The summed E-state index contributed by atoms with van der Waals surface area (Å²) >= 11 is 1.14. The highest BCUT2D eigenvalue weighted by atomic mass is 32.2. The van der Waals surface area contributed by atoms with E-state index in [0.29, 0.717) is 31.0 Å². The van der Waals surface area contributed by atoms with Gasteiger partial charge in [-0.2, -0.15) is 13.2 Å². The zero-order valence-corrected chi connectivity index (χ0v) is 20.4. The second-order valence-corrected chi connectivity index (χ2v) is 11.0. The Hall–Kier alpha value is -1.42. The summed E-state index contributed by atoms with van der Waals surface area (Å²) in [7, 11) is -3.62. The average Bonchev–Trinajstić information content (AvgIpc) is 3.23. The number of nitrogens with one attached hydrogen (secondary N) is 1. The maximum atomic E-state index is 13.1. The molecule has 0 fully saturated rings. The molecular formula is C23H32F3N2O2S2. The minimum atomic E-state index is -4.42. The van der Waals surface area contributed by atoms with Crippen LogP contribution in [-0.4, -0.2) is 21.5 Å². The van der Waals surface area contributed by atoms with E-state index in [2.05, 4.69) is 23.9 Å². The van der Waals surface area contributed by atoms with E-state index >= 15 is 0 Å². The predicted molar refractivity (Wildman–Crippen MR) is 123 cm³/mol. The number of likely N-dealkylation sites (N-methyl/N-ethyl adjacent to an activating group) is 1. The molecule has 1 aromatic heterocycles. The molecule has 2 aromatic rings. The number of benzene rings is 1. The van der Waals surface area contributed by atoms with Crippen molar-refractivity contribution in [3.8, 4) is 0 Å². The van der Waals surface area contributed by atoms with Gasteiger partial charge in [0.05, 0.1) is 11.6 Å². The van der Waals surface area contributed by atoms with Gasteiger partial charge in [-0.3, -0.25) is 0 Å². The van der Waals surface area contributed by atoms with Gasteiger partial charge in [-0.1, -0.05) is 52.2 Å². The van der Waals surface area contributed by atoms with Crippen LogP contribution in [0.2, 0.25) is 0 Å². The number of rotatable bonds is 13. The zero-order valence-electron chi connectivity index (χ0n) is 18.8. The summed E-state index contributed by atoms with van der Waals surface area (Å²) in [5.74, 6) is 0.304. The smallest absolute Gasteiger partial charge is 0.234 e. The highest BCUT2D eigenvalue weighted by Gasteiger charge is 2.31. The molecule has 2 unspecified atom stereocenters. The number of unbranched alkanes of at least 4 members (excludes halogenated alkanes) is 1. The highest BCUT2D eigenvalue weighted by molar-refractivity contribution is 7.91. The number of hydrogen-bond donors (Lipinski definition) is 1. The lowest BCUT2D eigenvalue weighted by atomic mass is 10.00. The van der Waals surface area contributed by atoms with Crippen LogP contribution in [0.5, 0.6) is 0 Å². The average molecular weight is 490 g/mol. The Morgan fingerprint density at radius 3 is 2.50 bits per heavy atom. The van der Waals surface area contributed by atoms with Crippen LogP contribution < -0.4 is 10.0 Å². The molecule has 0 aliphatic carbocycles.